The van der Waals surface area contributed by atoms with Gasteiger partial charge in [-0.1, -0.05) is 30.5 Å². The molecule has 3 aromatic heterocycles. The molecule has 1 amide bonds. The van der Waals surface area contributed by atoms with Crippen LogP contribution in [-0.4, -0.2) is 35.4 Å². The SMILES string of the molecule is Cc1cc(NC(=O)CC2CCCC2)n(-c2ncnc3c2cnn3-c2cccc(Cl)c2)n1. The average Bonchev–Trinajstić information content (AvgIpc) is 3.48. The quantitative estimate of drug-likeness (QED) is 0.499. The number of fused-ring (bicyclic) bond motifs is 1. The predicted octanol–water partition coefficient (Wildman–Crippen LogP) is 4.48. The second-order valence-electron chi connectivity index (χ2n) is 7.96. The highest BCUT2D eigenvalue weighted by molar-refractivity contribution is 6.30. The molecule has 158 valence electrons. The lowest BCUT2D eigenvalue weighted by Gasteiger charge is -2.11. The third-order valence-electron chi connectivity index (χ3n) is 5.65. The van der Waals surface area contributed by atoms with Gasteiger partial charge in [-0.25, -0.2) is 14.6 Å². The normalized spacial score (nSPS) is 14.4. The number of aryl methyl sites for hydroxylation is 1. The molecular weight excluding hydrogens is 414 g/mol. The van der Waals surface area contributed by atoms with Gasteiger partial charge >= 0.3 is 0 Å². The number of nitrogens with zero attached hydrogens (tertiary/aromatic N) is 6. The van der Waals surface area contributed by atoms with Crippen molar-refractivity contribution < 1.29 is 4.79 Å². The third kappa shape index (κ3) is 3.90. The number of rotatable bonds is 5. The second-order valence-corrected chi connectivity index (χ2v) is 8.39. The second kappa shape index (κ2) is 8.11. The van der Waals surface area contributed by atoms with Crippen molar-refractivity contribution >= 4 is 34.4 Å². The molecule has 0 bridgehead atoms. The molecule has 31 heavy (non-hydrogen) atoms. The summed E-state index contributed by atoms with van der Waals surface area (Å²) >= 11 is 6.14. The van der Waals surface area contributed by atoms with E-state index >= 15 is 0 Å². The van der Waals surface area contributed by atoms with Crippen molar-refractivity contribution in [1.29, 1.82) is 0 Å². The van der Waals surface area contributed by atoms with Crippen LogP contribution in [0.4, 0.5) is 5.82 Å². The van der Waals surface area contributed by atoms with Crippen LogP contribution in [0.5, 0.6) is 0 Å². The number of carbonyl (C=O) groups excluding carboxylic acids is 1. The summed E-state index contributed by atoms with van der Waals surface area (Å²) in [5.74, 6) is 1.63. The molecule has 3 heterocycles. The molecule has 0 atom stereocenters. The van der Waals surface area contributed by atoms with Crippen LogP contribution >= 0.6 is 11.6 Å². The maximum absolute atomic E-state index is 12.6. The first kappa shape index (κ1) is 19.7. The number of halogens is 1. The van der Waals surface area contributed by atoms with Gasteiger partial charge in [0.25, 0.3) is 0 Å². The number of benzene rings is 1. The Balaban J connectivity index is 1.51. The van der Waals surface area contributed by atoms with Crippen LogP contribution in [0.25, 0.3) is 22.5 Å². The maximum Gasteiger partial charge on any atom is 0.225 e. The van der Waals surface area contributed by atoms with Gasteiger partial charge in [-0.3, -0.25) is 4.79 Å². The Morgan fingerprint density at radius 2 is 2.03 bits per heavy atom. The van der Waals surface area contributed by atoms with Gasteiger partial charge < -0.3 is 5.32 Å². The first-order valence-electron chi connectivity index (χ1n) is 10.4. The van der Waals surface area contributed by atoms with Crippen LogP contribution in [0.2, 0.25) is 5.02 Å². The van der Waals surface area contributed by atoms with Gasteiger partial charge in [0.05, 0.1) is 23.0 Å². The molecule has 5 rings (SSSR count). The molecule has 1 aliphatic rings. The fraction of sp³-hybridized carbons (Fsp3) is 0.318. The van der Waals surface area contributed by atoms with Crippen molar-refractivity contribution in [2.75, 3.05) is 5.32 Å². The zero-order valence-electron chi connectivity index (χ0n) is 17.1. The van der Waals surface area contributed by atoms with E-state index in [9.17, 15) is 4.79 Å². The average molecular weight is 436 g/mol. The fourth-order valence-electron chi connectivity index (χ4n) is 4.22. The summed E-state index contributed by atoms with van der Waals surface area (Å²) in [6, 6.07) is 9.25. The number of hydrogen-bond donors (Lipinski definition) is 1. The molecule has 8 nitrogen and oxygen atoms in total. The van der Waals surface area contributed by atoms with Gasteiger partial charge in [0.2, 0.25) is 5.91 Å². The van der Waals surface area contributed by atoms with Gasteiger partial charge in [0, 0.05) is 17.5 Å². The van der Waals surface area contributed by atoms with Crippen LogP contribution in [0.15, 0.2) is 42.9 Å². The monoisotopic (exact) mass is 435 g/mol. The molecule has 1 aromatic carbocycles. The number of anilines is 1. The van der Waals surface area contributed by atoms with Crippen molar-refractivity contribution in [2.24, 2.45) is 5.92 Å². The number of aromatic nitrogens is 6. The molecule has 9 heteroatoms. The van der Waals surface area contributed by atoms with Crippen LogP contribution in [0.3, 0.4) is 0 Å². The molecule has 1 fully saturated rings. The van der Waals surface area contributed by atoms with E-state index in [4.69, 9.17) is 11.6 Å². The maximum atomic E-state index is 12.6. The van der Waals surface area contributed by atoms with E-state index in [0.717, 1.165) is 29.6 Å². The van der Waals surface area contributed by atoms with Gasteiger partial charge in [-0.05, 0) is 43.9 Å². The number of nitrogens with one attached hydrogen (secondary N) is 1. The Bertz CT molecular complexity index is 1260. The standard InChI is InChI=1S/C22H22ClN7O/c1-14-9-19(27-20(31)10-15-5-2-3-6-15)30(28-14)22-18-12-26-29(21(18)24-13-25-22)17-8-4-7-16(23)11-17/h4,7-9,11-13,15H,2-3,5-6,10H2,1H3,(H,27,31). The zero-order chi connectivity index (χ0) is 21.4. The third-order valence-corrected chi connectivity index (χ3v) is 5.88. The lowest BCUT2D eigenvalue weighted by atomic mass is 10.0. The lowest BCUT2D eigenvalue weighted by molar-refractivity contribution is -0.117. The molecular formula is C22H22ClN7O. The Hall–Kier alpha value is -3.26. The molecule has 1 saturated carbocycles. The summed E-state index contributed by atoms with van der Waals surface area (Å²) in [6.07, 6.45) is 8.39. The molecule has 0 saturated heterocycles. The summed E-state index contributed by atoms with van der Waals surface area (Å²) in [7, 11) is 0. The minimum Gasteiger partial charge on any atom is -0.311 e. The van der Waals surface area contributed by atoms with E-state index in [2.05, 4.69) is 25.5 Å². The Labute approximate surface area is 184 Å². The van der Waals surface area contributed by atoms with E-state index in [-0.39, 0.29) is 5.91 Å². The van der Waals surface area contributed by atoms with Crippen LogP contribution in [-0.2, 0) is 4.79 Å². The Kier molecular flexibility index (Phi) is 5.15. The van der Waals surface area contributed by atoms with E-state index in [1.807, 2.05) is 37.3 Å². The molecule has 1 N–H and O–H groups in total. The van der Waals surface area contributed by atoms with Gasteiger partial charge in [-0.15, -0.1) is 0 Å². The van der Waals surface area contributed by atoms with Crippen LogP contribution in [0.1, 0.15) is 37.8 Å². The number of hydrogen-bond acceptors (Lipinski definition) is 5. The zero-order valence-corrected chi connectivity index (χ0v) is 17.9. The van der Waals surface area contributed by atoms with E-state index < -0.39 is 0 Å². The lowest BCUT2D eigenvalue weighted by Crippen LogP contribution is -2.18. The van der Waals surface area contributed by atoms with E-state index in [1.165, 1.54) is 19.2 Å². The van der Waals surface area contributed by atoms with Crippen LogP contribution < -0.4 is 5.32 Å². The molecule has 4 aromatic rings. The number of carbonyl (C=O) groups is 1. The summed E-state index contributed by atoms with van der Waals surface area (Å²) in [5.41, 5.74) is 2.21. The predicted molar refractivity (Wildman–Crippen MR) is 119 cm³/mol. The molecule has 0 spiro atoms. The van der Waals surface area contributed by atoms with Gasteiger partial charge in [-0.2, -0.15) is 14.9 Å². The van der Waals surface area contributed by atoms with Crippen LogP contribution in [0, 0.1) is 12.8 Å². The first-order chi connectivity index (χ1) is 15.1. The molecule has 0 unspecified atom stereocenters. The first-order valence-corrected chi connectivity index (χ1v) is 10.8. The smallest absolute Gasteiger partial charge is 0.225 e. The van der Waals surface area contributed by atoms with E-state index in [1.54, 1.807) is 15.6 Å². The fourth-order valence-corrected chi connectivity index (χ4v) is 4.40. The van der Waals surface area contributed by atoms with Gasteiger partial charge in [0.15, 0.2) is 11.5 Å². The topological polar surface area (TPSA) is 90.5 Å². The van der Waals surface area contributed by atoms with Crippen molar-refractivity contribution in [3.05, 3.63) is 53.6 Å². The molecule has 1 aliphatic carbocycles. The van der Waals surface area contributed by atoms with Crippen molar-refractivity contribution in [2.45, 2.75) is 39.0 Å². The highest BCUT2D eigenvalue weighted by Crippen LogP contribution is 2.29. The minimum atomic E-state index is 0.00738. The van der Waals surface area contributed by atoms with Crippen molar-refractivity contribution in [3.63, 3.8) is 0 Å². The number of amides is 1. The largest absolute Gasteiger partial charge is 0.311 e. The summed E-state index contributed by atoms with van der Waals surface area (Å²) in [4.78, 5) is 21.5. The van der Waals surface area contributed by atoms with E-state index in [0.29, 0.717) is 34.6 Å². The highest BCUT2D eigenvalue weighted by atomic mass is 35.5. The van der Waals surface area contributed by atoms with Crippen molar-refractivity contribution in [1.82, 2.24) is 29.5 Å². The Morgan fingerprint density at radius 3 is 2.84 bits per heavy atom. The van der Waals surface area contributed by atoms with Gasteiger partial charge in [0.1, 0.15) is 12.1 Å². The van der Waals surface area contributed by atoms with Crippen molar-refractivity contribution in [3.8, 4) is 11.5 Å². The Morgan fingerprint density at radius 1 is 1.19 bits per heavy atom. The summed E-state index contributed by atoms with van der Waals surface area (Å²) < 4.78 is 3.36. The highest BCUT2D eigenvalue weighted by Gasteiger charge is 2.21. The minimum absolute atomic E-state index is 0.00738. The summed E-state index contributed by atoms with van der Waals surface area (Å²) in [5, 5.41) is 13.4. The molecule has 0 radical (unpaired) electrons. The molecule has 0 aliphatic heterocycles. The summed E-state index contributed by atoms with van der Waals surface area (Å²) in [6.45, 7) is 1.89.